The number of rotatable bonds is 6. The maximum absolute atomic E-state index is 11.7. The zero-order valence-electron chi connectivity index (χ0n) is 12.6. The molecule has 0 saturated heterocycles. The average Bonchev–Trinajstić information content (AvgIpc) is 2.44. The Morgan fingerprint density at radius 2 is 2.10 bits per heavy atom. The van der Waals surface area contributed by atoms with Crippen LogP contribution in [0.3, 0.4) is 0 Å². The van der Waals surface area contributed by atoms with Crippen LogP contribution in [-0.4, -0.2) is 44.1 Å². The summed E-state index contributed by atoms with van der Waals surface area (Å²) in [6, 6.07) is 5.00. The molecule has 0 aliphatic carbocycles. The van der Waals surface area contributed by atoms with E-state index in [0.29, 0.717) is 18.0 Å². The zero-order chi connectivity index (χ0) is 15.8. The van der Waals surface area contributed by atoms with Crippen LogP contribution in [-0.2, 0) is 4.79 Å². The molecule has 1 rings (SSSR count). The van der Waals surface area contributed by atoms with Crippen LogP contribution in [0, 0.1) is 6.92 Å². The van der Waals surface area contributed by atoms with Gasteiger partial charge in [0.25, 0.3) is 5.91 Å². The van der Waals surface area contributed by atoms with Crippen molar-refractivity contribution in [2.24, 2.45) is 0 Å². The average molecular weight is 291 g/mol. The van der Waals surface area contributed by atoms with E-state index in [4.69, 9.17) is 4.74 Å². The highest BCUT2D eigenvalue weighted by molar-refractivity contribution is 5.91. The first kappa shape index (κ1) is 16.6. The molecule has 114 valence electrons. The summed E-state index contributed by atoms with van der Waals surface area (Å²) in [6.45, 7) is 5.71. The molecule has 0 aliphatic heterocycles. The first-order chi connectivity index (χ1) is 9.93. The summed E-state index contributed by atoms with van der Waals surface area (Å²) in [5, 5.41) is 5.28. The molecular weight excluding hydrogens is 270 g/mol. The van der Waals surface area contributed by atoms with Gasteiger partial charge in [0.15, 0.2) is 6.61 Å². The number of carbonyl (C=O) groups excluding carboxylic acids is 2. The number of amides is 3. The minimum atomic E-state index is -0.359. The monoisotopic (exact) mass is 291 g/mol. The van der Waals surface area contributed by atoms with Gasteiger partial charge in [-0.25, -0.2) is 4.79 Å². The van der Waals surface area contributed by atoms with E-state index < -0.39 is 0 Å². The molecule has 2 N–H and O–H groups in total. The summed E-state index contributed by atoms with van der Waals surface area (Å²) in [5.41, 5.74) is 1.48. The number of hydrogen-bond donors (Lipinski definition) is 2. The summed E-state index contributed by atoms with van der Waals surface area (Å²) in [4.78, 5) is 24.7. The number of anilines is 1. The molecule has 1 aromatic carbocycles. The normalized spacial score (nSPS) is 9.67. The van der Waals surface area contributed by atoms with Gasteiger partial charge >= 0.3 is 6.03 Å². The number of benzene rings is 1. The van der Waals surface area contributed by atoms with E-state index in [1.54, 1.807) is 32.3 Å². The molecule has 0 radical (unpaired) electrons. The van der Waals surface area contributed by atoms with Crippen molar-refractivity contribution in [2.45, 2.75) is 6.92 Å². The van der Waals surface area contributed by atoms with E-state index in [2.05, 4.69) is 17.2 Å². The SMILES string of the molecule is C=CCNC(=O)Nc1ccc(C)cc1OCC(=O)N(C)C. The van der Waals surface area contributed by atoms with Crippen LogP contribution < -0.4 is 15.4 Å². The molecule has 6 heteroatoms. The second-order valence-corrected chi connectivity index (χ2v) is 4.70. The molecule has 0 aromatic heterocycles. The van der Waals surface area contributed by atoms with Crippen LogP contribution in [0.5, 0.6) is 5.75 Å². The fourth-order valence-corrected chi connectivity index (χ4v) is 1.45. The first-order valence-corrected chi connectivity index (χ1v) is 6.53. The predicted octanol–water partition coefficient (Wildman–Crippen LogP) is 1.77. The number of hydrogen-bond acceptors (Lipinski definition) is 3. The summed E-state index contributed by atoms with van der Waals surface area (Å²) in [5.74, 6) is 0.303. The van der Waals surface area contributed by atoms with Gasteiger partial charge in [-0.15, -0.1) is 6.58 Å². The lowest BCUT2D eigenvalue weighted by Crippen LogP contribution is -2.30. The highest BCUT2D eigenvalue weighted by Crippen LogP contribution is 2.25. The van der Waals surface area contributed by atoms with Crippen molar-refractivity contribution in [2.75, 3.05) is 32.6 Å². The fourth-order valence-electron chi connectivity index (χ4n) is 1.45. The van der Waals surface area contributed by atoms with Gasteiger partial charge in [0, 0.05) is 20.6 Å². The highest BCUT2D eigenvalue weighted by atomic mass is 16.5. The molecule has 0 spiro atoms. The number of urea groups is 1. The Morgan fingerprint density at radius 3 is 2.71 bits per heavy atom. The maximum Gasteiger partial charge on any atom is 0.319 e. The van der Waals surface area contributed by atoms with Crippen molar-refractivity contribution in [1.82, 2.24) is 10.2 Å². The standard InChI is InChI=1S/C15H21N3O3/c1-5-8-16-15(20)17-12-7-6-11(2)9-13(12)21-10-14(19)18(3)4/h5-7,9H,1,8,10H2,2-4H3,(H2,16,17,20). The molecule has 21 heavy (non-hydrogen) atoms. The summed E-state index contributed by atoms with van der Waals surface area (Å²) < 4.78 is 5.49. The van der Waals surface area contributed by atoms with Gasteiger partial charge in [-0.1, -0.05) is 12.1 Å². The van der Waals surface area contributed by atoms with Gasteiger partial charge < -0.3 is 20.3 Å². The quantitative estimate of drug-likeness (QED) is 0.785. The third-order valence-corrected chi connectivity index (χ3v) is 2.64. The van der Waals surface area contributed by atoms with Gasteiger partial charge in [0.05, 0.1) is 5.69 Å². The van der Waals surface area contributed by atoms with Crippen LogP contribution in [0.25, 0.3) is 0 Å². The van der Waals surface area contributed by atoms with Crippen molar-refractivity contribution in [3.05, 3.63) is 36.4 Å². The molecule has 0 saturated carbocycles. The Labute approximate surface area is 124 Å². The lowest BCUT2D eigenvalue weighted by atomic mass is 10.2. The topological polar surface area (TPSA) is 70.7 Å². The smallest absolute Gasteiger partial charge is 0.319 e. The first-order valence-electron chi connectivity index (χ1n) is 6.53. The number of carbonyl (C=O) groups is 2. The summed E-state index contributed by atoms with van der Waals surface area (Å²) in [7, 11) is 3.31. The highest BCUT2D eigenvalue weighted by Gasteiger charge is 2.10. The number of aryl methyl sites for hydroxylation is 1. The van der Waals surface area contributed by atoms with Gasteiger partial charge in [0.2, 0.25) is 0 Å². The van der Waals surface area contributed by atoms with Gasteiger partial charge in [0.1, 0.15) is 5.75 Å². The molecule has 0 heterocycles. The minimum absolute atomic E-state index is 0.0839. The van der Waals surface area contributed by atoms with Crippen LogP contribution >= 0.6 is 0 Å². The Bertz CT molecular complexity index is 527. The second-order valence-electron chi connectivity index (χ2n) is 4.70. The van der Waals surface area contributed by atoms with Crippen molar-refractivity contribution in [1.29, 1.82) is 0 Å². The molecular formula is C15H21N3O3. The lowest BCUT2D eigenvalue weighted by molar-refractivity contribution is -0.130. The lowest BCUT2D eigenvalue weighted by Gasteiger charge is -2.15. The van der Waals surface area contributed by atoms with Gasteiger partial charge in [-0.05, 0) is 24.6 Å². The van der Waals surface area contributed by atoms with E-state index in [-0.39, 0.29) is 18.5 Å². The van der Waals surface area contributed by atoms with Crippen molar-refractivity contribution >= 4 is 17.6 Å². The number of ether oxygens (including phenoxy) is 1. The van der Waals surface area contributed by atoms with E-state index in [1.807, 2.05) is 13.0 Å². The van der Waals surface area contributed by atoms with Crippen molar-refractivity contribution in [3.8, 4) is 5.75 Å². The number of nitrogens with zero attached hydrogens (tertiary/aromatic N) is 1. The van der Waals surface area contributed by atoms with Crippen LogP contribution in [0.2, 0.25) is 0 Å². The zero-order valence-corrected chi connectivity index (χ0v) is 12.6. The largest absolute Gasteiger partial charge is 0.482 e. The molecule has 0 atom stereocenters. The maximum atomic E-state index is 11.7. The third-order valence-electron chi connectivity index (χ3n) is 2.64. The van der Waals surface area contributed by atoms with Crippen LogP contribution in [0.15, 0.2) is 30.9 Å². The predicted molar refractivity (Wildman–Crippen MR) is 82.6 cm³/mol. The molecule has 3 amide bonds. The Morgan fingerprint density at radius 1 is 1.38 bits per heavy atom. The molecule has 1 aromatic rings. The van der Waals surface area contributed by atoms with E-state index in [1.165, 1.54) is 4.90 Å². The fraction of sp³-hybridized carbons (Fsp3) is 0.333. The summed E-state index contributed by atoms with van der Waals surface area (Å²) >= 11 is 0. The van der Waals surface area contributed by atoms with Crippen molar-refractivity contribution in [3.63, 3.8) is 0 Å². The Kier molecular flexibility index (Phi) is 6.26. The van der Waals surface area contributed by atoms with Crippen molar-refractivity contribution < 1.29 is 14.3 Å². The Balaban J connectivity index is 2.77. The summed E-state index contributed by atoms with van der Waals surface area (Å²) in [6.07, 6.45) is 1.59. The number of nitrogens with one attached hydrogen (secondary N) is 2. The molecule has 0 fully saturated rings. The molecule has 0 aliphatic rings. The van der Waals surface area contributed by atoms with Crippen LogP contribution in [0.4, 0.5) is 10.5 Å². The van der Waals surface area contributed by atoms with Gasteiger partial charge in [-0.3, -0.25) is 4.79 Å². The van der Waals surface area contributed by atoms with Crippen LogP contribution in [0.1, 0.15) is 5.56 Å². The molecule has 6 nitrogen and oxygen atoms in total. The Hall–Kier alpha value is -2.50. The molecule has 0 unspecified atom stereocenters. The van der Waals surface area contributed by atoms with E-state index in [0.717, 1.165) is 5.56 Å². The third kappa shape index (κ3) is 5.56. The van der Waals surface area contributed by atoms with E-state index >= 15 is 0 Å². The molecule has 0 bridgehead atoms. The minimum Gasteiger partial charge on any atom is -0.482 e. The second kappa shape index (κ2) is 7.94. The van der Waals surface area contributed by atoms with E-state index in [9.17, 15) is 9.59 Å². The van der Waals surface area contributed by atoms with Gasteiger partial charge in [-0.2, -0.15) is 0 Å². The number of likely N-dealkylation sites (N-methyl/N-ethyl adjacent to an activating group) is 1.